The van der Waals surface area contributed by atoms with Gasteiger partial charge < -0.3 is 10.2 Å². The molecule has 1 saturated carbocycles. The molecule has 1 aromatic carbocycles. The van der Waals surface area contributed by atoms with Crippen LogP contribution in [0.3, 0.4) is 0 Å². The largest absolute Gasteiger partial charge is 0.377 e. The summed E-state index contributed by atoms with van der Waals surface area (Å²) in [5.74, 6) is 0.441. The first kappa shape index (κ1) is 16.7. The third-order valence-corrected chi connectivity index (χ3v) is 7.48. The summed E-state index contributed by atoms with van der Waals surface area (Å²) in [6.45, 7) is 10.3. The molecule has 0 saturated heterocycles. The minimum absolute atomic E-state index is 0.0456. The number of aromatic nitrogens is 1. The molecule has 5 heteroatoms. The van der Waals surface area contributed by atoms with Gasteiger partial charge in [0.15, 0.2) is 5.78 Å². The molecule has 3 aliphatic rings. The van der Waals surface area contributed by atoms with Crippen LogP contribution in [0.5, 0.6) is 0 Å². The molecule has 1 amide bonds. The lowest BCUT2D eigenvalue weighted by atomic mass is 9.92. The molecule has 0 unspecified atom stereocenters. The fourth-order valence-electron chi connectivity index (χ4n) is 5.19. The van der Waals surface area contributed by atoms with Crippen LogP contribution in [0, 0.1) is 16.7 Å². The van der Waals surface area contributed by atoms with Gasteiger partial charge in [-0.2, -0.15) is 0 Å². The maximum absolute atomic E-state index is 13.2. The highest BCUT2D eigenvalue weighted by Crippen LogP contribution is 2.68. The lowest BCUT2D eigenvalue weighted by Gasteiger charge is -2.32. The van der Waals surface area contributed by atoms with Crippen LogP contribution in [0.25, 0.3) is 10.9 Å². The average molecular weight is 363 g/mol. The Morgan fingerprint density at radius 1 is 1.22 bits per heavy atom. The van der Waals surface area contributed by atoms with Crippen molar-refractivity contribution in [3.8, 4) is 0 Å². The second-order valence-corrected chi connectivity index (χ2v) is 9.27. The maximum atomic E-state index is 13.2. The average Bonchev–Trinajstić information content (AvgIpc) is 3.05. The molecule has 0 atom stereocenters. The van der Waals surface area contributed by atoms with Crippen molar-refractivity contribution in [3.05, 3.63) is 35.0 Å². The molecule has 27 heavy (non-hydrogen) atoms. The van der Waals surface area contributed by atoms with Crippen LogP contribution >= 0.6 is 0 Å². The van der Waals surface area contributed by atoms with Gasteiger partial charge in [-0.3, -0.25) is 14.6 Å². The molecule has 2 aromatic rings. The van der Waals surface area contributed by atoms with E-state index in [1.54, 1.807) is 0 Å². The first-order valence-corrected chi connectivity index (χ1v) is 9.74. The zero-order chi connectivity index (χ0) is 19.1. The van der Waals surface area contributed by atoms with Gasteiger partial charge in [-0.15, -0.1) is 0 Å². The van der Waals surface area contributed by atoms with Gasteiger partial charge in [0.05, 0.1) is 24.3 Å². The number of ketones is 1. The lowest BCUT2D eigenvalue weighted by molar-refractivity contribution is -0.134. The molecule has 0 bridgehead atoms. The maximum Gasteiger partial charge on any atom is 0.227 e. The van der Waals surface area contributed by atoms with Crippen LogP contribution in [0.15, 0.2) is 18.2 Å². The van der Waals surface area contributed by atoms with Crippen molar-refractivity contribution in [2.45, 2.75) is 40.7 Å². The number of rotatable bonds is 1. The van der Waals surface area contributed by atoms with Crippen LogP contribution in [0.2, 0.25) is 0 Å². The Kier molecular flexibility index (Phi) is 3.15. The molecular formula is C22H25N3O2. The third-order valence-electron chi connectivity index (χ3n) is 7.48. The minimum atomic E-state index is 0.0456. The third kappa shape index (κ3) is 2.08. The Labute approximate surface area is 159 Å². The SMILES string of the molecule is CC1(C)C(C(=O)N2CCc3c(nc4cccc5c4c3NCC5=O)C2)C1(C)C. The van der Waals surface area contributed by atoms with Gasteiger partial charge in [0.1, 0.15) is 0 Å². The number of carbonyl (C=O) groups excluding carboxylic acids is 2. The summed E-state index contributed by atoms with van der Waals surface area (Å²) < 4.78 is 0. The smallest absolute Gasteiger partial charge is 0.227 e. The number of amides is 1. The summed E-state index contributed by atoms with van der Waals surface area (Å²) in [4.78, 5) is 32.2. The highest BCUT2D eigenvalue weighted by molar-refractivity contribution is 6.16. The molecule has 0 radical (unpaired) electrons. The highest BCUT2D eigenvalue weighted by atomic mass is 16.2. The first-order chi connectivity index (χ1) is 12.7. The van der Waals surface area contributed by atoms with E-state index < -0.39 is 0 Å². The van der Waals surface area contributed by atoms with Crippen molar-refractivity contribution in [2.75, 3.05) is 18.4 Å². The van der Waals surface area contributed by atoms with Gasteiger partial charge >= 0.3 is 0 Å². The van der Waals surface area contributed by atoms with E-state index in [-0.39, 0.29) is 28.4 Å². The number of carbonyl (C=O) groups is 2. The molecule has 0 spiro atoms. The van der Waals surface area contributed by atoms with Crippen molar-refractivity contribution in [3.63, 3.8) is 0 Å². The van der Waals surface area contributed by atoms with Crippen molar-refractivity contribution < 1.29 is 9.59 Å². The van der Waals surface area contributed by atoms with Crippen LogP contribution < -0.4 is 5.32 Å². The van der Waals surface area contributed by atoms with Gasteiger partial charge in [0, 0.05) is 34.7 Å². The van der Waals surface area contributed by atoms with Gasteiger partial charge in [-0.1, -0.05) is 39.8 Å². The van der Waals surface area contributed by atoms with Crippen molar-refractivity contribution >= 4 is 28.3 Å². The number of fused-ring (bicyclic) bond motifs is 2. The highest BCUT2D eigenvalue weighted by Gasteiger charge is 2.68. The number of pyridine rings is 1. The Balaban J connectivity index is 1.54. The van der Waals surface area contributed by atoms with Crippen molar-refractivity contribution in [2.24, 2.45) is 16.7 Å². The van der Waals surface area contributed by atoms with E-state index in [2.05, 4.69) is 33.0 Å². The molecule has 1 N–H and O–H groups in total. The topological polar surface area (TPSA) is 62.3 Å². The molecule has 140 valence electrons. The summed E-state index contributed by atoms with van der Waals surface area (Å²) in [5, 5.41) is 4.26. The van der Waals surface area contributed by atoms with E-state index in [9.17, 15) is 9.59 Å². The predicted molar refractivity (Wildman–Crippen MR) is 105 cm³/mol. The summed E-state index contributed by atoms with van der Waals surface area (Å²) >= 11 is 0. The summed E-state index contributed by atoms with van der Waals surface area (Å²) in [7, 11) is 0. The van der Waals surface area contributed by atoms with E-state index in [0.29, 0.717) is 19.6 Å². The number of hydrogen-bond acceptors (Lipinski definition) is 4. The number of Topliss-reactive ketones (excluding diaryl/α,β-unsaturated/α-hetero) is 1. The summed E-state index contributed by atoms with van der Waals surface area (Å²) in [6, 6.07) is 5.74. The molecular weight excluding hydrogens is 338 g/mol. The zero-order valence-corrected chi connectivity index (χ0v) is 16.3. The van der Waals surface area contributed by atoms with E-state index in [1.807, 2.05) is 23.1 Å². The Hall–Kier alpha value is -2.43. The Morgan fingerprint density at radius 3 is 2.67 bits per heavy atom. The second-order valence-electron chi connectivity index (χ2n) is 9.27. The zero-order valence-electron chi connectivity index (χ0n) is 16.3. The van der Waals surface area contributed by atoms with E-state index in [0.717, 1.165) is 34.3 Å². The minimum Gasteiger partial charge on any atom is -0.377 e. The van der Waals surface area contributed by atoms with Gasteiger partial charge in [-0.05, 0) is 23.3 Å². The van der Waals surface area contributed by atoms with E-state index >= 15 is 0 Å². The normalized spacial score (nSPS) is 22.4. The Bertz CT molecular complexity index is 1010. The molecule has 1 fully saturated rings. The van der Waals surface area contributed by atoms with Crippen molar-refractivity contribution in [1.29, 1.82) is 0 Å². The predicted octanol–water partition coefficient (Wildman–Crippen LogP) is 3.41. The van der Waals surface area contributed by atoms with E-state index in [4.69, 9.17) is 4.98 Å². The first-order valence-electron chi connectivity index (χ1n) is 9.74. The molecule has 5 nitrogen and oxygen atoms in total. The molecule has 1 aromatic heterocycles. The Morgan fingerprint density at radius 2 is 1.96 bits per heavy atom. The molecule has 1 aliphatic carbocycles. The number of benzene rings is 1. The van der Waals surface area contributed by atoms with E-state index in [1.165, 1.54) is 5.56 Å². The summed E-state index contributed by atoms with van der Waals surface area (Å²) in [6.07, 6.45) is 0.780. The number of nitrogens with zero attached hydrogens (tertiary/aromatic N) is 2. The van der Waals surface area contributed by atoms with Crippen LogP contribution in [-0.4, -0.2) is 34.7 Å². The monoisotopic (exact) mass is 363 g/mol. The fourth-order valence-corrected chi connectivity index (χ4v) is 5.19. The second kappa shape index (κ2) is 5.09. The molecule has 3 heterocycles. The quantitative estimate of drug-likeness (QED) is 0.843. The van der Waals surface area contributed by atoms with Gasteiger partial charge in [0.25, 0.3) is 0 Å². The summed E-state index contributed by atoms with van der Waals surface area (Å²) in [5.41, 5.74) is 4.87. The van der Waals surface area contributed by atoms with Crippen LogP contribution in [0.1, 0.15) is 49.3 Å². The standard InChI is InChI=1S/C22H25N3O2/c1-21(2)19(22(21,3)4)20(27)25-9-8-12-15(11-25)24-14-7-5-6-13-16(26)10-23-18(12)17(13)14/h5-7,19,23H,8-11H2,1-4H3. The lowest BCUT2D eigenvalue weighted by Crippen LogP contribution is -2.39. The van der Waals surface area contributed by atoms with Crippen LogP contribution in [0.4, 0.5) is 5.69 Å². The number of anilines is 1. The fraction of sp³-hybridized carbons (Fsp3) is 0.500. The number of hydrogen-bond donors (Lipinski definition) is 1. The van der Waals surface area contributed by atoms with Gasteiger partial charge in [0.2, 0.25) is 5.91 Å². The van der Waals surface area contributed by atoms with Gasteiger partial charge in [-0.25, -0.2) is 0 Å². The number of nitrogens with one attached hydrogen (secondary N) is 1. The molecule has 5 rings (SSSR count). The van der Waals surface area contributed by atoms with Crippen molar-refractivity contribution in [1.82, 2.24) is 9.88 Å². The van der Waals surface area contributed by atoms with Crippen LogP contribution in [-0.2, 0) is 17.8 Å². The molecule has 2 aliphatic heterocycles.